The summed E-state index contributed by atoms with van der Waals surface area (Å²) in [5.74, 6) is -0.241. The molecule has 0 atom stereocenters. The van der Waals surface area contributed by atoms with Gasteiger partial charge in [0.05, 0.1) is 16.3 Å². The summed E-state index contributed by atoms with van der Waals surface area (Å²) < 4.78 is 37.7. The molecule has 0 bridgehead atoms. The fourth-order valence-electron chi connectivity index (χ4n) is 2.19. The fourth-order valence-corrected chi connectivity index (χ4v) is 2.37. The van der Waals surface area contributed by atoms with E-state index in [4.69, 9.17) is 11.6 Å². The van der Waals surface area contributed by atoms with Crippen LogP contribution >= 0.6 is 11.6 Å². The number of carbonyl (C=O) groups is 1. The molecule has 1 aromatic heterocycles. The minimum Gasteiger partial charge on any atom is -0.339 e. The molecule has 0 unspecified atom stereocenters. The maximum absolute atomic E-state index is 12.6. The Labute approximate surface area is 157 Å². The smallest absolute Gasteiger partial charge is 0.339 e. The van der Waals surface area contributed by atoms with Crippen molar-refractivity contribution in [3.05, 3.63) is 77.2 Å². The number of carbonyl (C=O) groups excluding carboxylic acids is 1. The molecule has 0 spiro atoms. The van der Waals surface area contributed by atoms with Crippen LogP contribution in [0.15, 0.2) is 60.9 Å². The monoisotopic (exact) mass is 392 g/mol. The highest BCUT2D eigenvalue weighted by atomic mass is 35.5. The number of para-hydroxylation sites is 1. The number of amides is 1. The van der Waals surface area contributed by atoms with Gasteiger partial charge in [0.25, 0.3) is 5.91 Å². The lowest BCUT2D eigenvalue weighted by molar-refractivity contribution is -0.137. The maximum Gasteiger partial charge on any atom is 0.416 e. The highest BCUT2D eigenvalue weighted by Crippen LogP contribution is 2.30. The summed E-state index contributed by atoms with van der Waals surface area (Å²) in [5.41, 5.74) is 0.0624. The molecular weight excluding hydrogens is 381 g/mol. The van der Waals surface area contributed by atoms with Crippen LogP contribution in [-0.2, 0) is 6.18 Å². The summed E-state index contributed by atoms with van der Waals surface area (Å²) >= 11 is 6.06. The minimum absolute atomic E-state index is 0.0412. The second-order valence-corrected chi connectivity index (χ2v) is 5.83. The number of aromatic nitrogens is 2. The zero-order valence-electron chi connectivity index (χ0n) is 13.6. The van der Waals surface area contributed by atoms with Crippen LogP contribution in [0, 0.1) is 0 Å². The van der Waals surface area contributed by atoms with Gasteiger partial charge in [0.1, 0.15) is 17.8 Å². The third-order valence-corrected chi connectivity index (χ3v) is 3.84. The van der Waals surface area contributed by atoms with Gasteiger partial charge in [0.15, 0.2) is 0 Å². The first-order chi connectivity index (χ1) is 12.8. The molecule has 0 saturated carbocycles. The molecule has 5 nitrogen and oxygen atoms in total. The van der Waals surface area contributed by atoms with Gasteiger partial charge in [-0.05, 0) is 36.4 Å². The second-order valence-electron chi connectivity index (χ2n) is 5.42. The van der Waals surface area contributed by atoms with Gasteiger partial charge in [-0.3, -0.25) is 4.79 Å². The van der Waals surface area contributed by atoms with Crippen molar-refractivity contribution in [3.63, 3.8) is 0 Å². The Balaban J connectivity index is 1.73. The van der Waals surface area contributed by atoms with Crippen LogP contribution in [0.1, 0.15) is 16.1 Å². The molecule has 2 N–H and O–H groups in total. The lowest BCUT2D eigenvalue weighted by Gasteiger charge is -2.10. The lowest BCUT2D eigenvalue weighted by atomic mass is 10.2. The Morgan fingerprint density at radius 1 is 1.00 bits per heavy atom. The molecule has 3 rings (SSSR count). The number of hydrogen-bond donors (Lipinski definition) is 2. The zero-order valence-corrected chi connectivity index (χ0v) is 14.3. The van der Waals surface area contributed by atoms with E-state index in [9.17, 15) is 18.0 Å². The first kappa shape index (κ1) is 18.7. The van der Waals surface area contributed by atoms with Gasteiger partial charge >= 0.3 is 6.18 Å². The van der Waals surface area contributed by atoms with E-state index in [1.54, 1.807) is 24.3 Å². The van der Waals surface area contributed by atoms with Gasteiger partial charge in [-0.2, -0.15) is 13.2 Å². The predicted molar refractivity (Wildman–Crippen MR) is 96.2 cm³/mol. The molecule has 3 aromatic rings. The Kier molecular flexibility index (Phi) is 5.27. The van der Waals surface area contributed by atoms with Crippen molar-refractivity contribution in [2.45, 2.75) is 6.18 Å². The molecule has 138 valence electrons. The van der Waals surface area contributed by atoms with Gasteiger partial charge in [-0.15, -0.1) is 0 Å². The van der Waals surface area contributed by atoms with E-state index in [0.29, 0.717) is 16.5 Å². The number of nitrogens with one attached hydrogen (secondary N) is 2. The third kappa shape index (κ3) is 4.73. The molecule has 27 heavy (non-hydrogen) atoms. The van der Waals surface area contributed by atoms with Crippen molar-refractivity contribution in [3.8, 4) is 0 Å². The molecule has 0 aliphatic heterocycles. The Bertz CT molecular complexity index is 961. The molecule has 0 fully saturated rings. The van der Waals surface area contributed by atoms with Gasteiger partial charge < -0.3 is 10.6 Å². The molecule has 0 radical (unpaired) electrons. The summed E-state index contributed by atoms with van der Waals surface area (Å²) in [7, 11) is 0. The Morgan fingerprint density at radius 3 is 2.37 bits per heavy atom. The molecule has 1 heterocycles. The molecule has 0 saturated heterocycles. The highest BCUT2D eigenvalue weighted by molar-refractivity contribution is 6.33. The van der Waals surface area contributed by atoms with Crippen LogP contribution in [0.3, 0.4) is 0 Å². The van der Waals surface area contributed by atoms with Crippen LogP contribution in [0.2, 0.25) is 5.02 Å². The molecule has 2 aromatic carbocycles. The number of rotatable bonds is 4. The van der Waals surface area contributed by atoms with Gasteiger partial charge in [-0.1, -0.05) is 23.7 Å². The average molecular weight is 393 g/mol. The van der Waals surface area contributed by atoms with Crippen molar-refractivity contribution in [1.29, 1.82) is 0 Å². The number of anilines is 3. The lowest BCUT2D eigenvalue weighted by Crippen LogP contribution is -2.14. The SMILES string of the molecule is O=C(Nc1ccc(C(F)(F)F)cc1)c1cc(Nc2ccccc2Cl)ncn1. The van der Waals surface area contributed by atoms with E-state index in [-0.39, 0.29) is 11.4 Å². The summed E-state index contributed by atoms with van der Waals surface area (Å²) in [4.78, 5) is 20.2. The summed E-state index contributed by atoms with van der Waals surface area (Å²) in [5, 5.41) is 5.93. The van der Waals surface area contributed by atoms with E-state index in [2.05, 4.69) is 20.6 Å². The zero-order chi connectivity index (χ0) is 19.4. The van der Waals surface area contributed by atoms with Crippen LogP contribution in [-0.4, -0.2) is 15.9 Å². The summed E-state index contributed by atoms with van der Waals surface area (Å²) in [6.07, 6.45) is -3.24. The Morgan fingerprint density at radius 2 is 1.70 bits per heavy atom. The standard InChI is InChI=1S/C18H12ClF3N4O/c19-13-3-1-2-4-14(13)26-16-9-15(23-10-24-16)17(27)25-12-7-5-11(6-8-12)18(20,21)22/h1-10H,(H,25,27)(H,23,24,26). The Hall–Kier alpha value is -3.13. The van der Waals surface area contributed by atoms with E-state index in [1.807, 2.05) is 0 Å². The van der Waals surface area contributed by atoms with Gasteiger partial charge in [-0.25, -0.2) is 9.97 Å². The molecule has 1 amide bonds. The first-order valence-electron chi connectivity index (χ1n) is 7.65. The second kappa shape index (κ2) is 7.63. The first-order valence-corrected chi connectivity index (χ1v) is 8.03. The predicted octanol–water partition coefficient (Wildman–Crippen LogP) is 5.14. The van der Waals surface area contributed by atoms with Crippen LogP contribution in [0.4, 0.5) is 30.4 Å². The van der Waals surface area contributed by atoms with Crippen molar-refractivity contribution in [2.24, 2.45) is 0 Å². The van der Waals surface area contributed by atoms with Gasteiger partial charge in [0.2, 0.25) is 0 Å². The topological polar surface area (TPSA) is 66.9 Å². The fraction of sp³-hybridized carbons (Fsp3) is 0.0556. The molecule has 0 aliphatic rings. The molecule has 0 aliphatic carbocycles. The normalized spacial score (nSPS) is 11.1. The van der Waals surface area contributed by atoms with Crippen molar-refractivity contribution in [2.75, 3.05) is 10.6 Å². The van der Waals surface area contributed by atoms with Crippen LogP contribution in [0.5, 0.6) is 0 Å². The third-order valence-electron chi connectivity index (χ3n) is 3.51. The maximum atomic E-state index is 12.6. The number of nitrogens with zero attached hydrogens (tertiary/aromatic N) is 2. The number of alkyl halides is 3. The summed E-state index contributed by atoms with van der Waals surface area (Å²) in [6, 6.07) is 12.5. The minimum atomic E-state index is -4.44. The molecule has 9 heteroatoms. The average Bonchev–Trinajstić information content (AvgIpc) is 2.63. The van der Waals surface area contributed by atoms with Crippen molar-refractivity contribution < 1.29 is 18.0 Å². The van der Waals surface area contributed by atoms with E-state index < -0.39 is 17.6 Å². The van der Waals surface area contributed by atoms with Crippen LogP contribution < -0.4 is 10.6 Å². The summed E-state index contributed by atoms with van der Waals surface area (Å²) in [6.45, 7) is 0. The van der Waals surface area contributed by atoms with E-state index in [0.717, 1.165) is 12.1 Å². The number of hydrogen-bond acceptors (Lipinski definition) is 4. The number of benzene rings is 2. The molecular formula is C18H12ClF3N4O. The van der Waals surface area contributed by atoms with E-state index in [1.165, 1.54) is 24.5 Å². The largest absolute Gasteiger partial charge is 0.416 e. The number of halogens is 4. The van der Waals surface area contributed by atoms with Crippen LogP contribution in [0.25, 0.3) is 0 Å². The van der Waals surface area contributed by atoms with E-state index >= 15 is 0 Å². The van der Waals surface area contributed by atoms with Gasteiger partial charge in [0, 0.05) is 11.8 Å². The van der Waals surface area contributed by atoms with Crippen molar-refractivity contribution in [1.82, 2.24) is 9.97 Å². The quantitative estimate of drug-likeness (QED) is 0.644. The highest BCUT2D eigenvalue weighted by Gasteiger charge is 2.30. The van der Waals surface area contributed by atoms with Crippen molar-refractivity contribution >= 4 is 34.7 Å².